The molecule has 3 N–H and O–H groups in total. The fourth-order valence-electron chi connectivity index (χ4n) is 4.60. The summed E-state index contributed by atoms with van der Waals surface area (Å²) in [5, 5.41) is 11.6. The molecule has 0 aliphatic carbocycles. The first-order valence-electron chi connectivity index (χ1n) is 15.1. The number of amides is 3. The van der Waals surface area contributed by atoms with Crippen LogP contribution in [0.3, 0.4) is 0 Å². The number of aldehydes is 1. The van der Waals surface area contributed by atoms with E-state index in [-0.39, 0.29) is 39.0 Å². The Hall–Kier alpha value is -5.79. The lowest BCUT2D eigenvalue weighted by atomic mass is 10.0. The molecule has 0 radical (unpaired) electrons. The molecule has 0 aliphatic rings. The molecule has 0 saturated carbocycles. The van der Waals surface area contributed by atoms with E-state index in [4.69, 9.17) is 21.4 Å². The maximum Gasteiger partial charge on any atom is 0.408 e. The zero-order valence-corrected chi connectivity index (χ0v) is 25.9. The zero-order chi connectivity index (χ0) is 33.7. The number of rotatable bonds is 19. The summed E-state index contributed by atoms with van der Waals surface area (Å²) in [4.78, 5) is 54.6. The number of ether oxygens (including phenoxy) is 2. The average Bonchev–Trinajstić information content (AvgIpc) is 3.10. The van der Waals surface area contributed by atoms with Gasteiger partial charge in [-0.3, -0.25) is 9.59 Å². The highest BCUT2D eigenvalue weighted by atomic mass is 16.5. The molecule has 3 rings (SSSR count). The number of benzene rings is 3. The smallest absolute Gasteiger partial charge is 0.408 e. The van der Waals surface area contributed by atoms with Crippen molar-refractivity contribution in [3.63, 3.8) is 0 Å². The summed E-state index contributed by atoms with van der Waals surface area (Å²) in [7, 11) is 0. The van der Waals surface area contributed by atoms with Crippen molar-refractivity contribution in [2.45, 2.75) is 56.8 Å². The van der Waals surface area contributed by atoms with Crippen LogP contribution in [-0.2, 0) is 38.6 Å². The third kappa shape index (κ3) is 13.4. The zero-order valence-electron chi connectivity index (χ0n) is 25.9. The summed E-state index contributed by atoms with van der Waals surface area (Å²) in [6.07, 6.45) is 6.54. The fraction of sp³-hybridized carbons (Fsp3) is 0.314. The van der Waals surface area contributed by atoms with Gasteiger partial charge in [0.2, 0.25) is 11.8 Å². The topological polar surface area (TPSA) is 172 Å². The van der Waals surface area contributed by atoms with E-state index in [0.29, 0.717) is 24.9 Å². The maximum atomic E-state index is 13.6. The largest absolute Gasteiger partial charge is 0.481 e. The second-order valence-electron chi connectivity index (χ2n) is 10.6. The van der Waals surface area contributed by atoms with Crippen molar-refractivity contribution in [1.82, 2.24) is 16.0 Å². The van der Waals surface area contributed by atoms with Gasteiger partial charge in [-0.2, -0.15) is 0 Å². The van der Waals surface area contributed by atoms with Crippen molar-refractivity contribution in [1.29, 1.82) is 0 Å². The van der Waals surface area contributed by atoms with Crippen LogP contribution in [0.25, 0.3) is 10.4 Å². The minimum Gasteiger partial charge on any atom is -0.481 e. The van der Waals surface area contributed by atoms with E-state index in [1.54, 1.807) is 36.4 Å². The van der Waals surface area contributed by atoms with Crippen LogP contribution in [0.2, 0.25) is 0 Å². The highest BCUT2D eigenvalue weighted by molar-refractivity contribution is 5.92. The lowest BCUT2D eigenvalue weighted by molar-refractivity contribution is -0.131. The molecule has 12 heteroatoms. The monoisotopic (exact) mass is 638 g/mol. The summed E-state index contributed by atoms with van der Waals surface area (Å²) >= 11 is 0. The summed E-state index contributed by atoms with van der Waals surface area (Å²) in [5.41, 5.74) is 10.9. The molecule has 3 aromatic rings. The van der Waals surface area contributed by atoms with Crippen LogP contribution in [0.15, 0.2) is 90.0 Å². The number of azide groups is 1. The van der Waals surface area contributed by atoms with E-state index in [0.717, 1.165) is 16.7 Å². The predicted octanol–water partition coefficient (Wildman–Crippen LogP) is 4.43. The van der Waals surface area contributed by atoms with Crippen LogP contribution in [0, 0.1) is 12.3 Å². The molecule has 0 aromatic heterocycles. The van der Waals surface area contributed by atoms with Gasteiger partial charge >= 0.3 is 6.09 Å². The molecule has 0 saturated heterocycles. The minimum absolute atomic E-state index is 0.00464. The lowest BCUT2D eigenvalue weighted by Crippen LogP contribution is -2.56. The molecule has 0 fully saturated rings. The van der Waals surface area contributed by atoms with Crippen LogP contribution in [0.1, 0.15) is 36.0 Å². The lowest BCUT2D eigenvalue weighted by Gasteiger charge is -2.24. The Kier molecular flexibility index (Phi) is 15.4. The Balaban J connectivity index is 1.71. The van der Waals surface area contributed by atoms with E-state index in [2.05, 4.69) is 31.9 Å². The number of nitrogens with one attached hydrogen (secondary N) is 3. The van der Waals surface area contributed by atoms with Gasteiger partial charge < -0.3 is 30.2 Å². The predicted molar refractivity (Wildman–Crippen MR) is 176 cm³/mol. The fourth-order valence-corrected chi connectivity index (χ4v) is 4.60. The summed E-state index contributed by atoms with van der Waals surface area (Å²) < 4.78 is 10.7. The van der Waals surface area contributed by atoms with Gasteiger partial charge in [0.05, 0.1) is 6.04 Å². The van der Waals surface area contributed by atoms with E-state index in [1.807, 2.05) is 48.5 Å². The van der Waals surface area contributed by atoms with Crippen molar-refractivity contribution in [2.24, 2.45) is 5.11 Å². The Bertz CT molecular complexity index is 1520. The number of carbonyl (C=O) groups excluding carboxylic acids is 4. The minimum atomic E-state index is -1.07. The van der Waals surface area contributed by atoms with Crippen molar-refractivity contribution in [3.8, 4) is 18.1 Å². The molecule has 244 valence electrons. The molecule has 0 unspecified atom stereocenters. The molecule has 12 nitrogen and oxygen atoms in total. The van der Waals surface area contributed by atoms with E-state index < -0.39 is 36.0 Å². The number of carbonyl (C=O) groups is 4. The van der Waals surface area contributed by atoms with E-state index in [1.165, 1.54) is 0 Å². The SMILES string of the molecule is C#CCOc1ccc(C[C@@H](C=O)NC(=O)[C@H](Cc2ccccc2)NC(=O)[C@H](CCCCN=[N+]=[N-])NC(=O)OCc2ccccc2)cc1. The third-order valence-electron chi connectivity index (χ3n) is 6.99. The molecule has 3 atom stereocenters. The van der Waals surface area contributed by atoms with Crippen LogP contribution in [0.5, 0.6) is 5.75 Å². The van der Waals surface area contributed by atoms with Crippen LogP contribution in [0.4, 0.5) is 4.79 Å². The summed E-state index contributed by atoms with van der Waals surface area (Å²) in [6.45, 7) is 0.364. The molecular formula is C35H38N6O6. The van der Waals surface area contributed by atoms with Gasteiger partial charge in [-0.25, -0.2) is 4.79 Å². The van der Waals surface area contributed by atoms with Crippen molar-refractivity contribution >= 4 is 24.2 Å². The van der Waals surface area contributed by atoms with Gasteiger partial charge in [-0.1, -0.05) is 90.3 Å². The first-order chi connectivity index (χ1) is 22.9. The molecule has 0 aliphatic heterocycles. The summed E-state index contributed by atoms with van der Waals surface area (Å²) in [5.74, 6) is 1.80. The number of nitrogens with zero attached hydrogens (tertiary/aromatic N) is 3. The van der Waals surface area contributed by atoms with Crippen LogP contribution >= 0.6 is 0 Å². The second kappa shape index (κ2) is 20.3. The van der Waals surface area contributed by atoms with Gasteiger partial charge in [0.25, 0.3) is 0 Å². The maximum absolute atomic E-state index is 13.6. The van der Waals surface area contributed by atoms with Gasteiger partial charge in [0, 0.05) is 17.9 Å². The van der Waals surface area contributed by atoms with E-state index in [9.17, 15) is 19.2 Å². The Morgan fingerprint density at radius 1 is 0.830 bits per heavy atom. The van der Waals surface area contributed by atoms with Gasteiger partial charge in [-0.05, 0) is 53.6 Å². The Morgan fingerprint density at radius 2 is 1.47 bits per heavy atom. The number of alkyl carbamates (subject to hydrolysis) is 1. The molecule has 0 bridgehead atoms. The molecule has 47 heavy (non-hydrogen) atoms. The molecule has 3 aromatic carbocycles. The number of hydrogen-bond acceptors (Lipinski definition) is 7. The van der Waals surface area contributed by atoms with Crippen LogP contribution < -0.4 is 20.7 Å². The van der Waals surface area contributed by atoms with Gasteiger partial charge in [-0.15, -0.1) is 6.42 Å². The van der Waals surface area contributed by atoms with Crippen molar-refractivity contribution < 1.29 is 28.7 Å². The molecule has 0 spiro atoms. The number of terminal acetylenes is 1. The second-order valence-corrected chi connectivity index (χ2v) is 10.6. The quantitative estimate of drug-likeness (QED) is 0.0438. The van der Waals surface area contributed by atoms with Gasteiger partial charge in [0.15, 0.2) is 0 Å². The molecule has 0 heterocycles. The standard InChI is InChI=1S/C35H38N6O6/c1-2-21-46-30-18-16-27(17-19-30)22-29(24-42)38-34(44)32(23-26-11-5-3-6-12-26)39-33(43)31(15-9-10-20-37-41-36)40-35(45)47-25-28-13-7-4-8-14-28/h1,3-8,11-14,16-19,24,29,31-32H,9-10,15,20-23,25H2,(H,38,44)(H,39,43)(H,40,45)/t29-,31-,32-/m0/s1. The first-order valence-corrected chi connectivity index (χ1v) is 15.1. The van der Waals surface area contributed by atoms with Crippen molar-refractivity contribution in [2.75, 3.05) is 13.2 Å². The van der Waals surface area contributed by atoms with Crippen molar-refractivity contribution in [3.05, 3.63) is 112 Å². The highest BCUT2D eigenvalue weighted by Gasteiger charge is 2.28. The van der Waals surface area contributed by atoms with Crippen LogP contribution in [-0.4, -0.2) is 55.5 Å². The van der Waals surface area contributed by atoms with Gasteiger partial charge in [0.1, 0.15) is 37.3 Å². The normalized spacial score (nSPS) is 12.1. The summed E-state index contributed by atoms with van der Waals surface area (Å²) in [6, 6.07) is 22.2. The Labute approximate surface area is 273 Å². The molecule has 3 amide bonds. The number of hydrogen-bond donors (Lipinski definition) is 3. The molecular weight excluding hydrogens is 600 g/mol. The van der Waals surface area contributed by atoms with E-state index >= 15 is 0 Å². The third-order valence-corrected chi connectivity index (χ3v) is 6.99. The first kappa shape index (κ1) is 35.7. The Morgan fingerprint density at radius 3 is 2.11 bits per heavy atom. The highest BCUT2D eigenvalue weighted by Crippen LogP contribution is 2.14. The average molecular weight is 639 g/mol. The number of unbranched alkanes of at least 4 members (excludes halogenated alkanes) is 1.